The Bertz CT molecular complexity index is 480. The van der Waals surface area contributed by atoms with E-state index in [0.29, 0.717) is 12.0 Å². The number of rotatable bonds is 3. The summed E-state index contributed by atoms with van der Waals surface area (Å²) in [4.78, 5) is 2.49. The van der Waals surface area contributed by atoms with Crippen LogP contribution in [-0.2, 0) is 6.54 Å². The Morgan fingerprint density at radius 1 is 1.35 bits per heavy atom. The second kappa shape index (κ2) is 5.92. The lowest BCUT2D eigenvalue weighted by molar-refractivity contribution is 0.259. The molecule has 4 heteroatoms. The molecule has 3 nitrogen and oxygen atoms in total. The van der Waals surface area contributed by atoms with Crippen molar-refractivity contribution in [1.82, 2.24) is 4.90 Å². The smallest absolute Gasteiger partial charge is 0.124 e. The summed E-state index contributed by atoms with van der Waals surface area (Å²) in [5, 5.41) is 0.795. The average molecular weight is 295 g/mol. The van der Waals surface area contributed by atoms with Crippen molar-refractivity contribution in [2.24, 2.45) is 17.6 Å². The molecule has 1 heterocycles. The van der Waals surface area contributed by atoms with Crippen LogP contribution < -0.4 is 10.5 Å². The SMILES string of the molecule is COc1cccc(Cl)c1CN1CC2CCCC(N)C2C1. The molecule has 3 atom stereocenters. The van der Waals surface area contributed by atoms with Crippen molar-refractivity contribution in [3.8, 4) is 5.75 Å². The van der Waals surface area contributed by atoms with E-state index in [4.69, 9.17) is 22.1 Å². The number of hydrogen-bond donors (Lipinski definition) is 1. The van der Waals surface area contributed by atoms with Crippen molar-refractivity contribution < 1.29 is 4.74 Å². The molecule has 0 spiro atoms. The van der Waals surface area contributed by atoms with E-state index in [0.717, 1.165) is 41.9 Å². The monoisotopic (exact) mass is 294 g/mol. The van der Waals surface area contributed by atoms with Crippen LogP contribution in [0.25, 0.3) is 0 Å². The maximum atomic E-state index is 6.34. The zero-order valence-corrected chi connectivity index (χ0v) is 12.8. The van der Waals surface area contributed by atoms with E-state index in [1.807, 2.05) is 18.2 Å². The Balaban J connectivity index is 1.73. The molecule has 1 saturated carbocycles. The number of hydrogen-bond acceptors (Lipinski definition) is 3. The van der Waals surface area contributed by atoms with Crippen LogP contribution in [0, 0.1) is 11.8 Å². The number of ether oxygens (including phenoxy) is 1. The van der Waals surface area contributed by atoms with Crippen LogP contribution in [0.4, 0.5) is 0 Å². The van der Waals surface area contributed by atoms with Gasteiger partial charge in [0.15, 0.2) is 0 Å². The molecule has 0 radical (unpaired) electrons. The molecule has 0 amide bonds. The maximum absolute atomic E-state index is 6.34. The Labute approximate surface area is 126 Å². The van der Waals surface area contributed by atoms with E-state index in [9.17, 15) is 0 Å². The largest absolute Gasteiger partial charge is 0.496 e. The summed E-state index contributed by atoms with van der Waals surface area (Å²) in [6, 6.07) is 6.24. The second-order valence-electron chi connectivity index (χ2n) is 6.13. The van der Waals surface area contributed by atoms with Crippen LogP contribution in [0.3, 0.4) is 0 Å². The quantitative estimate of drug-likeness (QED) is 0.931. The summed E-state index contributed by atoms with van der Waals surface area (Å²) in [5.74, 6) is 2.32. The van der Waals surface area contributed by atoms with Crippen molar-refractivity contribution in [1.29, 1.82) is 0 Å². The zero-order chi connectivity index (χ0) is 14.1. The molecule has 1 saturated heterocycles. The number of fused-ring (bicyclic) bond motifs is 1. The van der Waals surface area contributed by atoms with Crippen LogP contribution in [0.5, 0.6) is 5.75 Å². The molecule has 1 aliphatic carbocycles. The molecule has 1 aliphatic heterocycles. The lowest BCUT2D eigenvalue weighted by atomic mass is 9.78. The summed E-state index contributed by atoms with van der Waals surface area (Å²) < 4.78 is 5.44. The number of likely N-dealkylation sites (tertiary alicyclic amines) is 1. The molecule has 3 unspecified atom stereocenters. The summed E-state index contributed by atoms with van der Waals surface area (Å²) in [5.41, 5.74) is 7.38. The Kier molecular flexibility index (Phi) is 4.20. The minimum Gasteiger partial charge on any atom is -0.496 e. The van der Waals surface area contributed by atoms with Crippen LogP contribution in [0.1, 0.15) is 24.8 Å². The molecular weight excluding hydrogens is 272 g/mol. The van der Waals surface area contributed by atoms with Crippen LogP contribution >= 0.6 is 11.6 Å². The standard InChI is InChI=1S/C16H23ClN2O/c1-20-16-7-3-5-14(17)13(16)10-19-8-11-4-2-6-15(18)12(11)9-19/h3,5,7,11-12,15H,2,4,6,8-10,18H2,1H3. The molecule has 2 N–H and O–H groups in total. The average Bonchev–Trinajstić information content (AvgIpc) is 2.85. The Morgan fingerprint density at radius 3 is 2.95 bits per heavy atom. The fourth-order valence-corrected chi connectivity index (χ4v) is 4.07. The summed E-state index contributed by atoms with van der Waals surface area (Å²) in [6.07, 6.45) is 3.80. The van der Waals surface area contributed by atoms with Gasteiger partial charge in [-0.3, -0.25) is 4.90 Å². The first-order valence-corrected chi connectivity index (χ1v) is 7.86. The molecule has 20 heavy (non-hydrogen) atoms. The van der Waals surface area contributed by atoms with E-state index in [2.05, 4.69) is 4.90 Å². The lowest BCUT2D eigenvalue weighted by Crippen LogP contribution is -2.38. The lowest BCUT2D eigenvalue weighted by Gasteiger charge is -2.29. The van der Waals surface area contributed by atoms with Crippen LogP contribution in [0.2, 0.25) is 5.02 Å². The van der Waals surface area contributed by atoms with Crippen LogP contribution in [0.15, 0.2) is 18.2 Å². The van der Waals surface area contributed by atoms with E-state index in [1.165, 1.54) is 19.3 Å². The van der Waals surface area contributed by atoms with Gasteiger partial charge in [0.05, 0.1) is 7.11 Å². The van der Waals surface area contributed by atoms with Crippen molar-refractivity contribution in [2.45, 2.75) is 31.8 Å². The zero-order valence-electron chi connectivity index (χ0n) is 12.0. The summed E-state index contributed by atoms with van der Waals surface area (Å²) in [6.45, 7) is 3.11. The predicted molar refractivity (Wildman–Crippen MR) is 82.1 cm³/mol. The molecule has 2 aliphatic rings. The van der Waals surface area contributed by atoms with Crippen molar-refractivity contribution in [3.63, 3.8) is 0 Å². The first kappa shape index (κ1) is 14.2. The van der Waals surface area contributed by atoms with Gasteiger partial charge >= 0.3 is 0 Å². The number of benzene rings is 1. The summed E-state index contributed by atoms with van der Waals surface area (Å²) >= 11 is 6.34. The van der Waals surface area contributed by atoms with Crippen LogP contribution in [-0.4, -0.2) is 31.1 Å². The summed E-state index contributed by atoms with van der Waals surface area (Å²) in [7, 11) is 1.70. The van der Waals surface area contributed by atoms with Gasteiger partial charge in [0.1, 0.15) is 5.75 Å². The van der Waals surface area contributed by atoms with Gasteiger partial charge in [-0.15, -0.1) is 0 Å². The van der Waals surface area contributed by atoms with Gasteiger partial charge in [0, 0.05) is 36.3 Å². The van der Waals surface area contributed by atoms with Gasteiger partial charge in [0.25, 0.3) is 0 Å². The Morgan fingerprint density at radius 2 is 2.20 bits per heavy atom. The first-order chi connectivity index (χ1) is 9.69. The van der Waals surface area contributed by atoms with Crippen molar-refractivity contribution >= 4 is 11.6 Å². The second-order valence-corrected chi connectivity index (χ2v) is 6.54. The molecule has 1 aromatic rings. The molecule has 1 aromatic carbocycles. The molecule has 110 valence electrons. The highest BCUT2D eigenvalue weighted by molar-refractivity contribution is 6.31. The third-order valence-electron chi connectivity index (χ3n) is 4.91. The van der Waals surface area contributed by atoms with Crippen molar-refractivity contribution in [2.75, 3.05) is 20.2 Å². The topological polar surface area (TPSA) is 38.5 Å². The minimum atomic E-state index is 0.381. The van der Waals surface area contributed by atoms with Gasteiger partial charge in [-0.25, -0.2) is 0 Å². The highest BCUT2D eigenvalue weighted by atomic mass is 35.5. The molecule has 0 aromatic heterocycles. The van der Waals surface area contributed by atoms with Gasteiger partial charge in [-0.05, 0) is 36.8 Å². The van der Waals surface area contributed by atoms with E-state index in [-0.39, 0.29) is 0 Å². The molecule has 0 bridgehead atoms. The first-order valence-electron chi connectivity index (χ1n) is 7.48. The van der Waals surface area contributed by atoms with Gasteiger partial charge in [-0.1, -0.05) is 24.1 Å². The molecule has 2 fully saturated rings. The maximum Gasteiger partial charge on any atom is 0.124 e. The number of nitrogens with zero attached hydrogens (tertiary/aromatic N) is 1. The number of halogens is 1. The van der Waals surface area contributed by atoms with Gasteiger partial charge in [0.2, 0.25) is 0 Å². The van der Waals surface area contributed by atoms with E-state index < -0.39 is 0 Å². The van der Waals surface area contributed by atoms with Gasteiger partial charge < -0.3 is 10.5 Å². The fraction of sp³-hybridized carbons (Fsp3) is 0.625. The highest BCUT2D eigenvalue weighted by Gasteiger charge is 2.38. The molecular formula is C16H23ClN2O. The highest BCUT2D eigenvalue weighted by Crippen LogP contribution is 2.37. The van der Waals surface area contributed by atoms with Gasteiger partial charge in [-0.2, -0.15) is 0 Å². The Hall–Kier alpha value is -0.770. The third kappa shape index (κ3) is 2.67. The van der Waals surface area contributed by atoms with E-state index >= 15 is 0 Å². The van der Waals surface area contributed by atoms with Crippen molar-refractivity contribution in [3.05, 3.63) is 28.8 Å². The molecule has 3 rings (SSSR count). The third-order valence-corrected chi connectivity index (χ3v) is 5.26. The number of nitrogens with two attached hydrogens (primary N) is 1. The van der Waals surface area contributed by atoms with E-state index in [1.54, 1.807) is 7.11 Å². The predicted octanol–water partition coefficient (Wildman–Crippen LogP) is 2.91. The minimum absolute atomic E-state index is 0.381. The fourth-order valence-electron chi connectivity index (χ4n) is 3.85. The number of methoxy groups -OCH3 is 1. The normalized spacial score (nSPS) is 30.2.